The second-order valence-electron chi connectivity index (χ2n) is 7.03. The molecule has 0 fully saturated rings. The lowest BCUT2D eigenvalue weighted by Crippen LogP contribution is -2.16. The molecule has 2 heterocycles. The zero-order valence-corrected chi connectivity index (χ0v) is 18.6. The number of halogens is 1. The van der Waals surface area contributed by atoms with Crippen molar-refractivity contribution in [3.63, 3.8) is 0 Å². The SMILES string of the molecule is O=C(CCn1ccnc1)Nc1cccc(C(=O)Nc2ncn(Cc3ccc(Br)cc3)n2)c1. The Morgan fingerprint density at radius 1 is 1.03 bits per heavy atom. The Bertz CT molecular complexity index is 1200. The number of hydrogen-bond donors (Lipinski definition) is 2. The topological polar surface area (TPSA) is 107 Å². The molecule has 10 heteroatoms. The summed E-state index contributed by atoms with van der Waals surface area (Å²) in [6, 6.07) is 14.6. The van der Waals surface area contributed by atoms with E-state index in [9.17, 15) is 9.59 Å². The van der Waals surface area contributed by atoms with Crippen LogP contribution in [0.5, 0.6) is 0 Å². The van der Waals surface area contributed by atoms with Crippen LogP contribution in [0.4, 0.5) is 11.6 Å². The van der Waals surface area contributed by atoms with Gasteiger partial charge in [-0.25, -0.2) is 14.6 Å². The van der Waals surface area contributed by atoms with E-state index in [0.717, 1.165) is 10.0 Å². The van der Waals surface area contributed by atoms with Crippen molar-refractivity contribution in [2.24, 2.45) is 0 Å². The summed E-state index contributed by atoms with van der Waals surface area (Å²) in [5, 5.41) is 9.79. The molecule has 2 aromatic carbocycles. The van der Waals surface area contributed by atoms with Crippen molar-refractivity contribution in [3.05, 3.63) is 89.2 Å². The van der Waals surface area contributed by atoms with Crippen LogP contribution < -0.4 is 10.6 Å². The van der Waals surface area contributed by atoms with E-state index in [4.69, 9.17) is 0 Å². The molecule has 0 radical (unpaired) electrons. The molecule has 0 bridgehead atoms. The number of nitrogens with zero attached hydrogens (tertiary/aromatic N) is 5. The Labute approximate surface area is 192 Å². The Morgan fingerprint density at radius 2 is 1.88 bits per heavy atom. The molecule has 4 rings (SSSR count). The van der Waals surface area contributed by atoms with E-state index in [2.05, 4.69) is 41.6 Å². The first-order chi connectivity index (χ1) is 15.5. The monoisotopic (exact) mass is 493 g/mol. The molecule has 0 aliphatic heterocycles. The van der Waals surface area contributed by atoms with Gasteiger partial charge in [-0.15, -0.1) is 5.10 Å². The fourth-order valence-electron chi connectivity index (χ4n) is 2.99. The molecule has 2 amide bonds. The quantitative estimate of drug-likeness (QED) is 0.390. The number of benzene rings is 2. The molecule has 0 spiro atoms. The number of hydrogen-bond acceptors (Lipinski definition) is 5. The standard InChI is InChI=1S/C22H20BrN7O2/c23-18-6-4-16(5-7-18)13-30-15-25-22(28-30)27-21(32)17-2-1-3-19(12-17)26-20(31)8-10-29-11-9-24-14-29/h1-7,9,11-12,14-15H,8,10,13H2,(H,26,31)(H,27,28,32). The summed E-state index contributed by atoms with van der Waals surface area (Å²) in [5.41, 5.74) is 2.00. The van der Waals surface area contributed by atoms with Crippen LogP contribution in [0, 0.1) is 0 Å². The van der Waals surface area contributed by atoms with Crippen LogP contribution in [0.3, 0.4) is 0 Å². The maximum Gasteiger partial charge on any atom is 0.258 e. The number of carbonyl (C=O) groups excluding carboxylic acids is 2. The van der Waals surface area contributed by atoms with Crippen LogP contribution in [0.15, 0.2) is 78.1 Å². The van der Waals surface area contributed by atoms with Crippen LogP contribution in [0.25, 0.3) is 0 Å². The van der Waals surface area contributed by atoms with Crippen LogP contribution in [0.1, 0.15) is 22.3 Å². The number of aryl methyl sites for hydroxylation is 1. The van der Waals surface area contributed by atoms with E-state index in [1.807, 2.05) is 28.8 Å². The summed E-state index contributed by atoms with van der Waals surface area (Å²) in [7, 11) is 0. The number of amides is 2. The molecule has 2 N–H and O–H groups in total. The lowest BCUT2D eigenvalue weighted by atomic mass is 10.2. The van der Waals surface area contributed by atoms with Gasteiger partial charge in [0.1, 0.15) is 6.33 Å². The molecular formula is C22H20BrN7O2. The van der Waals surface area contributed by atoms with Gasteiger partial charge in [0.25, 0.3) is 5.91 Å². The third-order valence-electron chi connectivity index (χ3n) is 4.58. The van der Waals surface area contributed by atoms with Gasteiger partial charge in [0.2, 0.25) is 11.9 Å². The first-order valence-corrected chi connectivity index (χ1v) is 10.7. The summed E-state index contributed by atoms with van der Waals surface area (Å²) >= 11 is 3.41. The maximum atomic E-state index is 12.6. The molecule has 9 nitrogen and oxygen atoms in total. The van der Waals surface area contributed by atoms with Crippen LogP contribution in [-0.4, -0.2) is 36.1 Å². The Kier molecular flexibility index (Phi) is 6.71. The van der Waals surface area contributed by atoms with Gasteiger partial charge in [-0.2, -0.15) is 0 Å². The first-order valence-electron chi connectivity index (χ1n) is 9.86. The minimum absolute atomic E-state index is 0.149. The molecule has 0 atom stereocenters. The van der Waals surface area contributed by atoms with Crippen molar-refractivity contribution in [2.75, 3.05) is 10.6 Å². The number of carbonyl (C=O) groups is 2. The van der Waals surface area contributed by atoms with Gasteiger partial charge in [-0.1, -0.05) is 34.1 Å². The lowest BCUT2D eigenvalue weighted by Gasteiger charge is -2.08. The third-order valence-corrected chi connectivity index (χ3v) is 5.11. The average molecular weight is 494 g/mol. The van der Waals surface area contributed by atoms with Crippen molar-refractivity contribution in [3.8, 4) is 0 Å². The number of nitrogens with one attached hydrogen (secondary N) is 2. The second kappa shape index (κ2) is 10.0. The van der Waals surface area contributed by atoms with Gasteiger partial charge in [-0.05, 0) is 35.9 Å². The second-order valence-corrected chi connectivity index (χ2v) is 7.94. The molecule has 32 heavy (non-hydrogen) atoms. The fourth-order valence-corrected chi connectivity index (χ4v) is 3.25. The minimum atomic E-state index is -0.360. The molecule has 0 unspecified atom stereocenters. The first kappa shape index (κ1) is 21.4. The van der Waals surface area contributed by atoms with E-state index in [-0.39, 0.29) is 17.8 Å². The maximum absolute atomic E-state index is 12.6. The van der Waals surface area contributed by atoms with E-state index >= 15 is 0 Å². The van der Waals surface area contributed by atoms with E-state index in [0.29, 0.717) is 30.8 Å². The molecule has 4 aromatic rings. The Morgan fingerprint density at radius 3 is 2.66 bits per heavy atom. The van der Waals surface area contributed by atoms with Crippen LogP contribution in [0.2, 0.25) is 0 Å². The van der Waals surface area contributed by atoms with Crippen LogP contribution in [-0.2, 0) is 17.9 Å². The Hall–Kier alpha value is -3.79. The highest BCUT2D eigenvalue weighted by Crippen LogP contribution is 2.14. The van der Waals surface area contributed by atoms with Crippen molar-refractivity contribution >= 4 is 39.4 Å². The highest BCUT2D eigenvalue weighted by molar-refractivity contribution is 9.10. The molecule has 0 aliphatic carbocycles. The van der Waals surface area contributed by atoms with Crippen molar-refractivity contribution < 1.29 is 9.59 Å². The molecule has 0 saturated carbocycles. The van der Waals surface area contributed by atoms with Gasteiger partial charge >= 0.3 is 0 Å². The highest BCUT2D eigenvalue weighted by atomic mass is 79.9. The number of rotatable bonds is 8. The summed E-state index contributed by atoms with van der Waals surface area (Å²) in [6.45, 7) is 1.07. The molecular weight excluding hydrogens is 474 g/mol. The van der Waals surface area contributed by atoms with E-state index in [1.165, 1.54) is 0 Å². The van der Waals surface area contributed by atoms with Gasteiger partial charge < -0.3 is 9.88 Å². The molecule has 2 aromatic heterocycles. The van der Waals surface area contributed by atoms with E-state index < -0.39 is 0 Å². The largest absolute Gasteiger partial charge is 0.337 e. The molecule has 0 aliphatic rings. The van der Waals surface area contributed by atoms with Crippen molar-refractivity contribution in [1.29, 1.82) is 0 Å². The average Bonchev–Trinajstić information content (AvgIpc) is 3.46. The lowest BCUT2D eigenvalue weighted by molar-refractivity contribution is -0.116. The van der Waals surface area contributed by atoms with Gasteiger partial charge in [0.05, 0.1) is 12.9 Å². The van der Waals surface area contributed by atoms with Gasteiger partial charge in [0.15, 0.2) is 0 Å². The Balaban J connectivity index is 1.33. The summed E-state index contributed by atoms with van der Waals surface area (Å²) < 4.78 is 4.48. The molecule has 0 saturated heterocycles. The fraction of sp³-hybridized carbons (Fsp3) is 0.136. The van der Waals surface area contributed by atoms with Crippen LogP contribution >= 0.6 is 15.9 Å². The van der Waals surface area contributed by atoms with E-state index in [1.54, 1.807) is 54.0 Å². The summed E-state index contributed by atoms with van der Waals surface area (Å²) in [5.74, 6) is -0.299. The summed E-state index contributed by atoms with van der Waals surface area (Å²) in [6.07, 6.45) is 6.98. The predicted molar refractivity (Wildman–Crippen MR) is 123 cm³/mol. The smallest absolute Gasteiger partial charge is 0.258 e. The highest BCUT2D eigenvalue weighted by Gasteiger charge is 2.11. The zero-order valence-electron chi connectivity index (χ0n) is 17.0. The minimum Gasteiger partial charge on any atom is -0.337 e. The predicted octanol–water partition coefficient (Wildman–Crippen LogP) is 3.57. The molecule has 162 valence electrons. The normalized spacial score (nSPS) is 10.7. The summed E-state index contributed by atoms with van der Waals surface area (Å²) in [4.78, 5) is 32.9. The van der Waals surface area contributed by atoms with Gasteiger partial charge in [-0.3, -0.25) is 14.9 Å². The van der Waals surface area contributed by atoms with Crippen molar-refractivity contribution in [2.45, 2.75) is 19.5 Å². The number of aromatic nitrogens is 5. The third kappa shape index (κ3) is 5.88. The van der Waals surface area contributed by atoms with Crippen molar-refractivity contribution in [1.82, 2.24) is 24.3 Å². The number of anilines is 2. The zero-order chi connectivity index (χ0) is 22.3. The van der Waals surface area contributed by atoms with Gasteiger partial charge in [0, 0.05) is 41.1 Å². The number of imidazole rings is 1.